The first-order chi connectivity index (χ1) is 9.06. The molecule has 0 spiro atoms. The summed E-state index contributed by atoms with van der Waals surface area (Å²) in [7, 11) is 0. The molecule has 0 saturated carbocycles. The van der Waals surface area contributed by atoms with Gasteiger partial charge in [-0.3, -0.25) is 0 Å². The average molecular weight is 262 g/mol. The summed E-state index contributed by atoms with van der Waals surface area (Å²) in [6.45, 7) is 6.16. The van der Waals surface area contributed by atoms with Crippen LogP contribution in [0.25, 0.3) is 11.6 Å². The Hall–Kier alpha value is -1.79. The van der Waals surface area contributed by atoms with Crippen LogP contribution < -0.4 is 5.73 Å². The van der Waals surface area contributed by atoms with E-state index in [1.165, 1.54) is 0 Å². The minimum absolute atomic E-state index is 0.121. The van der Waals surface area contributed by atoms with Gasteiger partial charge in [0.25, 0.3) is 5.89 Å². The smallest absolute Gasteiger partial charge is 0.276 e. The number of nitrogens with two attached hydrogens (primary N) is 1. The summed E-state index contributed by atoms with van der Waals surface area (Å²) in [4.78, 5) is 8.58. The second-order valence-electron chi connectivity index (χ2n) is 4.61. The molecule has 2 heterocycles. The fourth-order valence-corrected chi connectivity index (χ4v) is 1.52. The van der Waals surface area contributed by atoms with Crippen molar-refractivity contribution in [3.05, 3.63) is 29.7 Å². The van der Waals surface area contributed by atoms with Crippen LogP contribution in [0.5, 0.6) is 0 Å². The summed E-state index contributed by atoms with van der Waals surface area (Å²) in [6.07, 6.45) is 0.121. The molecular formula is C13H18N4O2. The molecule has 6 heteroatoms. The van der Waals surface area contributed by atoms with Gasteiger partial charge in [-0.2, -0.15) is 4.98 Å². The van der Waals surface area contributed by atoms with E-state index in [4.69, 9.17) is 15.0 Å². The van der Waals surface area contributed by atoms with Crippen LogP contribution in [0.1, 0.15) is 31.4 Å². The van der Waals surface area contributed by atoms with Crippen LogP contribution in [0.3, 0.4) is 0 Å². The summed E-state index contributed by atoms with van der Waals surface area (Å²) in [5, 5.41) is 3.87. The third-order valence-electron chi connectivity index (χ3n) is 2.49. The minimum Gasteiger partial charge on any atom is -0.377 e. The lowest BCUT2D eigenvalue weighted by Gasteiger charge is -2.10. The number of rotatable bonds is 5. The highest BCUT2D eigenvalue weighted by molar-refractivity contribution is 5.46. The third-order valence-corrected chi connectivity index (χ3v) is 2.49. The molecule has 0 aliphatic rings. The fourth-order valence-electron chi connectivity index (χ4n) is 1.52. The monoisotopic (exact) mass is 262 g/mol. The van der Waals surface area contributed by atoms with E-state index in [1.54, 1.807) is 0 Å². The largest absolute Gasteiger partial charge is 0.377 e. The first-order valence-corrected chi connectivity index (χ1v) is 6.21. The molecule has 1 unspecified atom stereocenters. The van der Waals surface area contributed by atoms with Gasteiger partial charge in [-0.1, -0.05) is 11.2 Å². The third kappa shape index (κ3) is 3.59. The van der Waals surface area contributed by atoms with E-state index in [0.717, 1.165) is 5.69 Å². The normalized spacial score (nSPS) is 12.9. The maximum absolute atomic E-state index is 5.93. The van der Waals surface area contributed by atoms with Crippen molar-refractivity contribution in [2.75, 3.05) is 6.61 Å². The van der Waals surface area contributed by atoms with Crippen molar-refractivity contribution in [3.63, 3.8) is 0 Å². The lowest BCUT2D eigenvalue weighted by Crippen LogP contribution is -2.20. The SMILES string of the molecule is Cc1cccc(-c2nc(C(N)COC(C)C)no2)n1. The lowest BCUT2D eigenvalue weighted by molar-refractivity contribution is 0.0665. The van der Waals surface area contributed by atoms with E-state index in [2.05, 4.69) is 15.1 Å². The molecule has 0 fully saturated rings. The Morgan fingerprint density at radius 2 is 2.11 bits per heavy atom. The van der Waals surface area contributed by atoms with Crippen LogP contribution in [-0.2, 0) is 4.74 Å². The van der Waals surface area contributed by atoms with Gasteiger partial charge in [0.15, 0.2) is 5.82 Å². The molecule has 0 aromatic carbocycles. The Morgan fingerprint density at radius 1 is 1.32 bits per heavy atom. The fraction of sp³-hybridized carbons (Fsp3) is 0.462. The van der Waals surface area contributed by atoms with Gasteiger partial charge in [-0.15, -0.1) is 0 Å². The predicted octanol–water partition coefficient (Wildman–Crippen LogP) is 1.86. The number of aromatic nitrogens is 3. The van der Waals surface area contributed by atoms with Crippen LogP contribution in [0.2, 0.25) is 0 Å². The second-order valence-corrected chi connectivity index (χ2v) is 4.61. The molecule has 102 valence electrons. The number of ether oxygens (including phenoxy) is 1. The summed E-state index contributed by atoms with van der Waals surface area (Å²) < 4.78 is 10.6. The van der Waals surface area contributed by atoms with Crippen LogP contribution in [0.15, 0.2) is 22.7 Å². The molecule has 0 bridgehead atoms. The topological polar surface area (TPSA) is 87.1 Å². The van der Waals surface area contributed by atoms with Gasteiger partial charge in [-0.25, -0.2) is 4.98 Å². The Kier molecular flexibility index (Phi) is 4.24. The standard InChI is InChI=1S/C13H18N4O2/c1-8(2)18-7-10(14)12-16-13(19-17-12)11-6-4-5-9(3)15-11/h4-6,8,10H,7,14H2,1-3H3. The van der Waals surface area contributed by atoms with E-state index < -0.39 is 6.04 Å². The Labute approximate surface area is 112 Å². The molecule has 0 aliphatic heterocycles. The van der Waals surface area contributed by atoms with Gasteiger partial charge in [0.1, 0.15) is 5.69 Å². The number of aryl methyl sites for hydroxylation is 1. The van der Waals surface area contributed by atoms with Crippen LogP contribution in [-0.4, -0.2) is 27.8 Å². The molecule has 0 saturated heterocycles. The zero-order valence-corrected chi connectivity index (χ0v) is 11.3. The Morgan fingerprint density at radius 3 is 2.79 bits per heavy atom. The van der Waals surface area contributed by atoms with E-state index in [0.29, 0.717) is 24.0 Å². The summed E-state index contributed by atoms with van der Waals surface area (Å²) in [5.74, 6) is 0.803. The Balaban J connectivity index is 2.10. The molecule has 0 amide bonds. The number of pyridine rings is 1. The lowest BCUT2D eigenvalue weighted by atomic mass is 10.3. The summed E-state index contributed by atoms with van der Waals surface area (Å²) in [5.41, 5.74) is 7.48. The first kappa shape index (κ1) is 13.6. The van der Waals surface area contributed by atoms with E-state index in [-0.39, 0.29) is 6.10 Å². The first-order valence-electron chi connectivity index (χ1n) is 6.21. The molecule has 1 atom stereocenters. The number of hydrogen-bond acceptors (Lipinski definition) is 6. The maximum atomic E-state index is 5.93. The average Bonchev–Trinajstić information content (AvgIpc) is 2.85. The summed E-state index contributed by atoms with van der Waals surface area (Å²) in [6, 6.07) is 5.22. The van der Waals surface area contributed by atoms with Gasteiger partial charge in [0, 0.05) is 5.69 Å². The molecule has 2 rings (SSSR count). The van der Waals surface area contributed by atoms with Crippen molar-refractivity contribution in [1.29, 1.82) is 0 Å². The molecule has 2 N–H and O–H groups in total. The van der Waals surface area contributed by atoms with Crippen LogP contribution in [0.4, 0.5) is 0 Å². The van der Waals surface area contributed by atoms with Crippen molar-refractivity contribution >= 4 is 0 Å². The van der Waals surface area contributed by atoms with Gasteiger partial charge in [0.2, 0.25) is 0 Å². The predicted molar refractivity (Wildman–Crippen MR) is 70.3 cm³/mol. The van der Waals surface area contributed by atoms with Gasteiger partial charge in [-0.05, 0) is 32.9 Å². The molecule has 2 aromatic rings. The van der Waals surface area contributed by atoms with Crippen LogP contribution in [0, 0.1) is 6.92 Å². The molecule has 0 aliphatic carbocycles. The van der Waals surface area contributed by atoms with Crippen molar-refractivity contribution in [3.8, 4) is 11.6 Å². The maximum Gasteiger partial charge on any atom is 0.276 e. The van der Waals surface area contributed by atoms with Crippen molar-refractivity contribution in [1.82, 2.24) is 15.1 Å². The molecule has 2 aromatic heterocycles. The quantitative estimate of drug-likeness (QED) is 0.885. The van der Waals surface area contributed by atoms with E-state index in [1.807, 2.05) is 39.0 Å². The summed E-state index contributed by atoms with van der Waals surface area (Å²) >= 11 is 0. The Bertz CT molecular complexity index is 539. The van der Waals surface area contributed by atoms with Gasteiger partial charge >= 0.3 is 0 Å². The zero-order chi connectivity index (χ0) is 13.8. The minimum atomic E-state index is -0.398. The number of nitrogens with zero attached hydrogens (tertiary/aromatic N) is 3. The van der Waals surface area contributed by atoms with Crippen molar-refractivity contribution < 1.29 is 9.26 Å². The number of hydrogen-bond donors (Lipinski definition) is 1. The van der Waals surface area contributed by atoms with E-state index >= 15 is 0 Å². The zero-order valence-electron chi connectivity index (χ0n) is 11.3. The second kappa shape index (κ2) is 5.90. The highest BCUT2D eigenvalue weighted by Gasteiger charge is 2.16. The van der Waals surface area contributed by atoms with E-state index in [9.17, 15) is 0 Å². The highest BCUT2D eigenvalue weighted by atomic mass is 16.5. The van der Waals surface area contributed by atoms with Gasteiger partial charge in [0.05, 0.1) is 18.8 Å². The highest BCUT2D eigenvalue weighted by Crippen LogP contribution is 2.17. The van der Waals surface area contributed by atoms with Crippen molar-refractivity contribution in [2.45, 2.75) is 32.9 Å². The van der Waals surface area contributed by atoms with Crippen LogP contribution >= 0.6 is 0 Å². The van der Waals surface area contributed by atoms with Crippen molar-refractivity contribution in [2.24, 2.45) is 5.73 Å². The molecule has 19 heavy (non-hydrogen) atoms. The molecular weight excluding hydrogens is 244 g/mol. The molecule has 6 nitrogen and oxygen atoms in total. The molecule has 0 radical (unpaired) electrons. The van der Waals surface area contributed by atoms with Gasteiger partial charge < -0.3 is 15.0 Å².